The van der Waals surface area contributed by atoms with Gasteiger partial charge in [-0.3, -0.25) is 9.36 Å². The number of allylic oxidation sites excluding steroid dienone is 1. The molecule has 1 aromatic heterocycles. The molecular formula is C28H27N3O5S. The highest BCUT2D eigenvalue weighted by molar-refractivity contribution is 7.07. The molecule has 0 aliphatic carbocycles. The van der Waals surface area contributed by atoms with E-state index >= 15 is 0 Å². The molecule has 0 unspecified atom stereocenters. The topological polar surface area (TPSA) is 103 Å². The summed E-state index contributed by atoms with van der Waals surface area (Å²) in [5.41, 5.74) is 1.91. The summed E-state index contributed by atoms with van der Waals surface area (Å²) in [6.45, 7) is 7.45. The van der Waals surface area contributed by atoms with E-state index in [0.29, 0.717) is 37.7 Å². The Kier molecular flexibility index (Phi) is 7.89. The van der Waals surface area contributed by atoms with Crippen LogP contribution in [0.25, 0.3) is 6.08 Å². The lowest BCUT2D eigenvalue weighted by Crippen LogP contribution is -2.40. The minimum absolute atomic E-state index is 0.0700. The average Bonchev–Trinajstić information content (AvgIpc) is 3.16. The number of esters is 1. The van der Waals surface area contributed by atoms with Crippen LogP contribution in [0.1, 0.15) is 44.9 Å². The molecular weight excluding hydrogens is 490 g/mol. The minimum Gasteiger partial charge on any atom is -0.491 e. The Morgan fingerprint density at radius 3 is 2.76 bits per heavy atom. The Balaban J connectivity index is 1.92. The highest BCUT2D eigenvalue weighted by Crippen LogP contribution is 2.36. The van der Waals surface area contributed by atoms with Crippen LogP contribution in [0.3, 0.4) is 0 Å². The van der Waals surface area contributed by atoms with Gasteiger partial charge in [0.15, 0.2) is 11.4 Å². The standard InChI is InChI=1S/C28H27N3O5S/c1-5-34-27(33)24-18(4)30-28-31(25(24)21-11-6-7-12-22(21)36-17(2)3)26(32)23(37-28)16-19-9-8-10-20(15-19)35-14-13-29/h6-12,15-17,25H,5,14H2,1-4H3/b23-16-/t25-/m0/s1. The first-order chi connectivity index (χ1) is 17.8. The minimum atomic E-state index is -0.766. The van der Waals surface area contributed by atoms with Crippen LogP contribution in [0.2, 0.25) is 0 Å². The van der Waals surface area contributed by atoms with Gasteiger partial charge in [-0.25, -0.2) is 9.79 Å². The van der Waals surface area contributed by atoms with Crippen LogP contribution < -0.4 is 24.4 Å². The van der Waals surface area contributed by atoms with Crippen molar-refractivity contribution in [2.75, 3.05) is 13.2 Å². The molecule has 2 aromatic carbocycles. The van der Waals surface area contributed by atoms with E-state index in [2.05, 4.69) is 4.99 Å². The van der Waals surface area contributed by atoms with Gasteiger partial charge in [0.1, 0.15) is 23.6 Å². The van der Waals surface area contributed by atoms with Crippen LogP contribution in [-0.4, -0.2) is 29.9 Å². The second-order valence-electron chi connectivity index (χ2n) is 8.53. The van der Waals surface area contributed by atoms with Crippen molar-refractivity contribution in [2.24, 2.45) is 4.99 Å². The molecule has 0 fully saturated rings. The summed E-state index contributed by atoms with van der Waals surface area (Å²) in [6, 6.07) is 15.7. The van der Waals surface area contributed by atoms with Gasteiger partial charge in [-0.05, 0) is 57.5 Å². The number of benzene rings is 2. The van der Waals surface area contributed by atoms with Gasteiger partial charge in [-0.15, -0.1) is 0 Å². The zero-order chi connectivity index (χ0) is 26.5. The molecule has 8 nitrogen and oxygen atoms in total. The number of thiazole rings is 1. The van der Waals surface area contributed by atoms with Crippen LogP contribution in [0, 0.1) is 11.3 Å². The third kappa shape index (κ3) is 5.49. The summed E-state index contributed by atoms with van der Waals surface area (Å²) in [5, 5.41) is 8.78. The van der Waals surface area contributed by atoms with Crippen LogP contribution in [0.15, 0.2) is 69.6 Å². The molecule has 9 heteroatoms. The van der Waals surface area contributed by atoms with Gasteiger partial charge in [-0.1, -0.05) is 41.7 Å². The highest BCUT2D eigenvalue weighted by Gasteiger charge is 2.35. The number of nitrogens with zero attached hydrogens (tertiary/aromatic N) is 3. The lowest BCUT2D eigenvalue weighted by atomic mass is 9.95. The number of hydrogen-bond acceptors (Lipinski definition) is 8. The number of nitriles is 1. The monoisotopic (exact) mass is 517 g/mol. The first kappa shape index (κ1) is 25.9. The summed E-state index contributed by atoms with van der Waals surface area (Å²) >= 11 is 1.24. The van der Waals surface area contributed by atoms with Crippen molar-refractivity contribution in [1.82, 2.24) is 4.57 Å². The zero-order valence-corrected chi connectivity index (χ0v) is 21.9. The average molecular weight is 518 g/mol. The fourth-order valence-corrected chi connectivity index (χ4v) is 5.16. The number of ether oxygens (including phenoxy) is 3. The van der Waals surface area contributed by atoms with E-state index in [-0.39, 0.29) is 24.9 Å². The van der Waals surface area contributed by atoms with Gasteiger partial charge in [0, 0.05) is 5.56 Å². The summed E-state index contributed by atoms with van der Waals surface area (Å²) in [5.74, 6) is 0.585. The number of carbonyl (C=O) groups excluding carboxylic acids is 1. The predicted molar refractivity (Wildman–Crippen MR) is 140 cm³/mol. The van der Waals surface area contributed by atoms with Gasteiger partial charge in [0.25, 0.3) is 5.56 Å². The van der Waals surface area contributed by atoms with E-state index in [0.717, 1.165) is 5.56 Å². The Bertz CT molecular complexity index is 1580. The number of fused-ring (bicyclic) bond motifs is 1. The lowest BCUT2D eigenvalue weighted by molar-refractivity contribution is -0.139. The summed E-state index contributed by atoms with van der Waals surface area (Å²) < 4.78 is 18.8. The van der Waals surface area contributed by atoms with Crippen LogP contribution >= 0.6 is 11.3 Å². The van der Waals surface area contributed by atoms with Crippen molar-refractivity contribution in [3.8, 4) is 17.6 Å². The molecule has 0 N–H and O–H groups in total. The predicted octanol–water partition coefficient (Wildman–Crippen LogP) is 3.49. The van der Waals surface area contributed by atoms with Crippen LogP contribution in [-0.2, 0) is 9.53 Å². The molecule has 0 amide bonds. The van der Waals surface area contributed by atoms with E-state index < -0.39 is 12.0 Å². The summed E-state index contributed by atoms with van der Waals surface area (Å²) in [4.78, 5) is 32.0. The number of aromatic nitrogens is 1. The Hall–Kier alpha value is -4.16. The molecule has 1 aliphatic heterocycles. The largest absolute Gasteiger partial charge is 0.491 e. The maximum atomic E-state index is 13.8. The number of rotatable bonds is 8. The van der Waals surface area contributed by atoms with Crippen molar-refractivity contribution in [3.63, 3.8) is 0 Å². The molecule has 0 radical (unpaired) electrons. The molecule has 37 heavy (non-hydrogen) atoms. The van der Waals surface area contributed by atoms with Gasteiger partial charge >= 0.3 is 5.97 Å². The quantitative estimate of drug-likeness (QED) is 0.424. The lowest BCUT2D eigenvalue weighted by Gasteiger charge is -2.26. The first-order valence-corrected chi connectivity index (χ1v) is 12.7. The van der Waals surface area contributed by atoms with Crippen molar-refractivity contribution in [3.05, 3.63) is 90.6 Å². The Labute approximate surface area is 218 Å². The molecule has 3 aromatic rings. The first-order valence-electron chi connectivity index (χ1n) is 11.9. The van der Waals surface area contributed by atoms with Gasteiger partial charge < -0.3 is 14.2 Å². The Morgan fingerprint density at radius 2 is 2.03 bits per heavy atom. The Morgan fingerprint density at radius 1 is 1.24 bits per heavy atom. The van der Waals surface area contributed by atoms with Crippen LogP contribution in [0.5, 0.6) is 11.5 Å². The normalized spacial score (nSPS) is 15.1. The van der Waals surface area contributed by atoms with E-state index in [1.165, 1.54) is 15.9 Å². The van der Waals surface area contributed by atoms with E-state index in [1.54, 1.807) is 38.1 Å². The van der Waals surface area contributed by atoms with E-state index in [9.17, 15) is 9.59 Å². The van der Waals surface area contributed by atoms with E-state index in [1.807, 2.05) is 50.2 Å². The second kappa shape index (κ2) is 11.3. The third-order valence-electron chi connectivity index (χ3n) is 5.55. The molecule has 4 rings (SSSR count). The van der Waals surface area contributed by atoms with Crippen molar-refractivity contribution in [1.29, 1.82) is 5.26 Å². The molecule has 0 saturated carbocycles. The highest BCUT2D eigenvalue weighted by atomic mass is 32.1. The zero-order valence-electron chi connectivity index (χ0n) is 21.1. The number of carbonyl (C=O) groups is 1. The van der Waals surface area contributed by atoms with Gasteiger partial charge in [0.2, 0.25) is 0 Å². The second-order valence-corrected chi connectivity index (χ2v) is 9.54. The fraction of sp³-hybridized carbons (Fsp3) is 0.286. The van der Waals surface area contributed by atoms with Gasteiger partial charge in [-0.2, -0.15) is 5.26 Å². The molecule has 1 atom stereocenters. The summed E-state index contributed by atoms with van der Waals surface area (Å²) in [6.07, 6.45) is 1.64. The number of para-hydroxylation sites is 1. The maximum Gasteiger partial charge on any atom is 0.338 e. The fourth-order valence-electron chi connectivity index (χ4n) is 4.11. The van der Waals surface area contributed by atoms with Crippen LogP contribution in [0.4, 0.5) is 0 Å². The molecule has 0 bridgehead atoms. The summed E-state index contributed by atoms with van der Waals surface area (Å²) in [7, 11) is 0. The molecule has 2 heterocycles. The maximum absolute atomic E-state index is 13.8. The SMILES string of the molecule is CCOC(=O)C1=C(C)N=c2s/c(=C\c3cccc(OCC#N)c3)c(=O)n2[C@H]1c1ccccc1OC(C)C. The third-order valence-corrected chi connectivity index (χ3v) is 6.54. The molecule has 0 saturated heterocycles. The van der Waals surface area contributed by atoms with Crippen molar-refractivity contribution in [2.45, 2.75) is 39.8 Å². The van der Waals surface area contributed by atoms with Crippen molar-refractivity contribution < 1.29 is 19.0 Å². The van der Waals surface area contributed by atoms with Crippen molar-refractivity contribution >= 4 is 23.4 Å². The molecule has 1 aliphatic rings. The van der Waals surface area contributed by atoms with E-state index in [4.69, 9.17) is 19.5 Å². The number of hydrogen-bond donors (Lipinski definition) is 0. The smallest absolute Gasteiger partial charge is 0.338 e. The molecule has 190 valence electrons. The van der Waals surface area contributed by atoms with Gasteiger partial charge in [0.05, 0.1) is 28.5 Å². The molecule has 0 spiro atoms.